The summed E-state index contributed by atoms with van der Waals surface area (Å²) in [5, 5.41) is 14.3. The predicted molar refractivity (Wildman–Crippen MR) is 265 cm³/mol. The first-order valence-corrected chi connectivity index (χ1v) is 24.1. The van der Waals surface area contributed by atoms with Gasteiger partial charge >= 0.3 is 35.0 Å². The van der Waals surface area contributed by atoms with Crippen LogP contribution in [0.5, 0.6) is 0 Å². The maximum absolute atomic E-state index is 14.3. The van der Waals surface area contributed by atoms with Crippen LogP contribution < -0.4 is 15.1 Å². The van der Waals surface area contributed by atoms with Crippen molar-refractivity contribution in [3.8, 4) is 0 Å². The number of methoxy groups -OCH3 is 1. The number of carbonyl (C=O) groups excluding carboxylic acids is 3. The zero-order valence-corrected chi connectivity index (χ0v) is 43.2. The second-order valence-electron chi connectivity index (χ2n) is 19.6. The summed E-state index contributed by atoms with van der Waals surface area (Å²) in [6, 6.07) is 5.65. The molecule has 66 heavy (non-hydrogen) atoms. The number of hydrogen-bond acceptors (Lipinski definition) is 8. The second-order valence-corrected chi connectivity index (χ2v) is 19.6. The molecule has 3 aliphatic rings. The van der Waals surface area contributed by atoms with Gasteiger partial charge < -0.3 is 24.5 Å². The molecule has 5 heterocycles. The SMILES string of the molecule is C/C=C1/c2cc3[n-]c4c(c5nc(cc6[n-]c(cc(n2)[C@@H]1C)c(C(C)=O)c6C)[C@@H](C)[C@@H]5CCC(=O)OC/C=C(\C)CCC[C@H](C)CCC[C@H](C)CCCC(C)C)C(C(=O)OC)=C([O-])c4c3C.[Mg+2]. The first kappa shape index (κ1) is 52.5. The van der Waals surface area contributed by atoms with E-state index in [1.54, 1.807) is 6.92 Å². The van der Waals surface area contributed by atoms with Gasteiger partial charge in [-0.1, -0.05) is 133 Å². The first-order chi connectivity index (χ1) is 30.9. The number of ether oxygens (including phenoxy) is 2. The summed E-state index contributed by atoms with van der Waals surface area (Å²) in [5.41, 5.74) is 9.26. The Kier molecular flexibility index (Phi) is 18.3. The van der Waals surface area contributed by atoms with E-state index in [0.717, 1.165) is 41.5 Å². The largest absolute Gasteiger partial charge is 2.00 e. The third-order valence-electron chi connectivity index (χ3n) is 14.2. The molecule has 3 aromatic heterocycles. The molecule has 1 aliphatic carbocycles. The van der Waals surface area contributed by atoms with E-state index >= 15 is 0 Å². The minimum absolute atomic E-state index is 0. The molecule has 11 heteroatoms. The van der Waals surface area contributed by atoms with Crippen molar-refractivity contribution in [2.24, 2.45) is 17.8 Å². The monoisotopic (exact) mass is 908 g/mol. The minimum atomic E-state index is -0.772. The number of aromatic nitrogens is 4. The first-order valence-electron chi connectivity index (χ1n) is 24.1. The van der Waals surface area contributed by atoms with Crippen molar-refractivity contribution in [1.82, 2.24) is 19.9 Å². The quantitative estimate of drug-likeness (QED) is 0.0493. The Morgan fingerprint density at radius 1 is 0.818 bits per heavy atom. The Labute approximate surface area is 409 Å². The Bertz CT molecular complexity index is 2560. The fraction of sp³-hybridized carbons (Fsp3) is 0.545. The number of ketones is 1. The summed E-state index contributed by atoms with van der Waals surface area (Å²) in [4.78, 5) is 60.4. The predicted octanol–water partition coefficient (Wildman–Crippen LogP) is 11.5. The van der Waals surface area contributed by atoms with Crippen LogP contribution in [0.1, 0.15) is 206 Å². The number of aryl methyl sites for hydroxylation is 2. The van der Waals surface area contributed by atoms with Crippen molar-refractivity contribution in [2.75, 3.05) is 13.7 Å². The van der Waals surface area contributed by atoms with Gasteiger partial charge in [0.1, 0.15) is 6.61 Å². The summed E-state index contributed by atoms with van der Waals surface area (Å²) in [6.07, 6.45) is 15.6. The molecule has 0 fully saturated rings. The van der Waals surface area contributed by atoms with Crippen LogP contribution in [0.15, 0.2) is 35.9 Å². The number of hydrogen-bond donors (Lipinski definition) is 0. The Morgan fingerprint density at radius 2 is 1.45 bits per heavy atom. The maximum Gasteiger partial charge on any atom is 2.00 e. The maximum atomic E-state index is 14.3. The zero-order valence-electron chi connectivity index (χ0n) is 41.8. The topological polar surface area (TPSA) is 147 Å². The van der Waals surface area contributed by atoms with Crippen LogP contribution in [0.4, 0.5) is 0 Å². The van der Waals surface area contributed by atoms with Crippen LogP contribution in [0, 0.1) is 31.6 Å². The van der Waals surface area contributed by atoms with Gasteiger partial charge in [-0.3, -0.25) is 19.6 Å². The molecule has 0 radical (unpaired) electrons. The van der Waals surface area contributed by atoms with Gasteiger partial charge in [0.25, 0.3) is 0 Å². The molecule has 350 valence electrons. The molecule has 3 aromatic rings. The van der Waals surface area contributed by atoms with Gasteiger partial charge in [0.2, 0.25) is 0 Å². The molecule has 0 saturated carbocycles. The molecule has 5 atom stereocenters. The third kappa shape index (κ3) is 11.6. The van der Waals surface area contributed by atoms with Gasteiger partial charge in [-0.15, -0.1) is 22.1 Å². The summed E-state index contributed by atoms with van der Waals surface area (Å²) < 4.78 is 11.0. The molecule has 2 aliphatic heterocycles. The molecular formula is C55H71MgN4O6-. The molecular weight excluding hydrogens is 837 g/mol. The molecule has 8 bridgehead atoms. The normalized spacial score (nSPS) is 18.5. The zero-order chi connectivity index (χ0) is 47.3. The average Bonchev–Trinajstić information content (AvgIpc) is 4.00. The van der Waals surface area contributed by atoms with Crippen molar-refractivity contribution >= 4 is 79.7 Å². The van der Waals surface area contributed by atoms with E-state index in [1.165, 1.54) is 57.6 Å². The molecule has 6 rings (SSSR count). The number of rotatable bonds is 19. The van der Waals surface area contributed by atoms with Crippen LogP contribution in [-0.2, 0) is 19.1 Å². The number of allylic oxidation sites excluding steroid dienone is 3. The Balaban J connectivity index is 0.00000817. The van der Waals surface area contributed by atoms with Gasteiger partial charge in [-0.2, -0.15) is 0 Å². The van der Waals surface area contributed by atoms with Gasteiger partial charge in [0.15, 0.2) is 5.78 Å². The number of Topliss-reactive ketones (excluding diaryl/α,β-unsaturated/α-hetero) is 1. The molecule has 10 nitrogen and oxygen atoms in total. The molecule has 0 aromatic carbocycles. The van der Waals surface area contributed by atoms with E-state index in [-0.39, 0.29) is 65.2 Å². The summed E-state index contributed by atoms with van der Waals surface area (Å²) in [5.74, 6) is -0.128. The van der Waals surface area contributed by atoms with Crippen molar-refractivity contribution in [2.45, 2.75) is 165 Å². The molecule has 0 amide bonds. The average molecular weight is 908 g/mol. The number of esters is 2. The van der Waals surface area contributed by atoms with Gasteiger partial charge in [-0.25, -0.2) is 4.79 Å². The molecule has 0 unspecified atom stereocenters. The summed E-state index contributed by atoms with van der Waals surface area (Å²) in [7, 11) is 1.26. The van der Waals surface area contributed by atoms with E-state index < -0.39 is 17.6 Å². The smallest absolute Gasteiger partial charge is 0.871 e. The van der Waals surface area contributed by atoms with Crippen LogP contribution in [0.3, 0.4) is 0 Å². The number of carbonyl (C=O) groups is 3. The number of nitrogens with zero attached hydrogens (tertiary/aromatic N) is 4. The Hall–Kier alpha value is -4.48. The standard InChI is InChI=1S/C55H74N4O6.Mg/c1-13-39-34(7)41-29-46-48(38(11)60)36(9)43(57-46)27-42-35(8)40(52(58-42)50-51(55(63)64-12)54(62)49-37(10)44(59-53(49)50)28-45(39)56-41)23-24-47(61)65-26-25-33(6)22-16-21-32(5)20-15-19-31(4)18-14-17-30(2)3;/h13,25,27-32,34-35,40H,14-24,26H2,1-12H3,(H3,56,57,58,59,60,62,63);/q;+2/p-3/b33-25+,39-13+;/t31-,32-,34-,35+,40+;/m1./s1. The van der Waals surface area contributed by atoms with Gasteiger partial charge in [0, 0.05) is 41.1 Å². The third-order valence-corrected chi connectivity index (χ3v) is 14.2. The van der Waals surface area contributed by atoms with Gasteiger partial charge in [-0.05, 0) is 94.4 Å². The molecule has 0 saturated heterocycles. The summed E-state index contributed by atoms with van der Waals surface area (Å²) in [6.45, 7) is 23.0. The van der Waals surface area contributed by atoms with Crippen molar-refractivity contribution < 1.29 is 29.0 Å². The Morgan fingerprint density at radius 3 is 2.09 bits per heavy atom. The van der Waals surface area contributed by atoms with Crippen LogP contribution >= 0.6 is 0 Å². The number of fused-ring (bicyclic) bond motifs is 8. The minimum Gasteiger partial charge on any atom is -0.871 e. The molecule has 0 spiro atoms. The van der Waals surface area contributed by atoms with E-state index in [0.29, 0.717) is 73.7 Å². The van der Waals surface area contributed by atoms with Crippen molar-refractivity contribution in [3.63, 3.8) is 0 Å². The fourth-order valence-corrected chi connectivity index (χ4v) is 10.1. The van der Waals surface area contributed by atoms with Crippen LogP contribution in [-0.4, -0.2) is 64.5 Å². The van der Waals surface area contributed by atoms with Gasteiger partial charge in [0.05, 0.1) is 24.1 Å². The summed E-state index contributed by atoms with van der Waals surface area (Å²) >= 11 is 0. The van der Waals surface area contributed by atoms with E-state index in [9.17, 15) is 19.5 Å². The van der Waals surface area contributed by atoms with Crippen LogP contribution in [0.25, 0.3) is 39.0 Å². The van der Waals surface area contributed by atoms with Crippen molar-refractivity contribution in [3.05, 3.63) is 86.5 Å². The van der Waals surface area contributed by atoms with Crippen LogP contribution in [0.2, 0.25) is 0 Å². The fourth-order valence-electron chi connectivity index (χ4n) is 10.1. The molecule has 0 N–H and O–H groups in total. The van der Waals surface area contributed by atoms with E-state index in [1.807, 2.05) is 58.0 Å². The second kappa shape index (κ2) is 23.0. The van der Waals surface area contributed by atoms with E-state index in [2.05, 4.69) is 41.5 Å². The van der Waals surface area contributed by atoms with E-state index in [4.69, 9.17) is 29.4 Å². The van der Waals surface area contributed by atoms with Crippen molar-refractivity contribution in [1.29, 1.82) is 0 Å².